The van der Waals surface area contributed by atoms with Crippen molar-refractivity contribution in [2.45, 2.75) is 89.8 Å². The maximum Gasteiger partial charge on any atom is 0.338 e. The van der Waals surface area contributed by atoms with Gasteiger partial charge in [-0.05, 0) is 31.4 Å². The Morgan fingerprint density at radius 2 is 1.76 bits per heavy atom. The van der Waals surface area contributed by atoms with Crippen LogP contribution in [0.3, 0.4) is 0 Å². The topological polar surface area (TPSA) is 95.7 Å². The van der Waals surface area contributed by atoms with E-state index in [0.29, 0.717) is 19.3 Å². The number of carbonyl (C=O) groups excluding carboxylic acids is 2. The molecule has 1 heterocycles. The Morgan fingerprint density at radius 1 is 1.14 bits per heavy atom. The molecular formula is C22H31NO6. The first-order valence-electron chi connectivity index (χ1n) is 10.7. The fourth-order valence-electron chi connectivity index (χ4n) is 3.53. The lowest BCUT2D eigenvalue weighted by atomic mass is 10.0. The molecule has 7 heteroatoms. The third-order valence-corrected chi connectivity index (χ3v) is 5.24. The number of ether oxygens (including phenoxy) is 2. The molecule has 0 unspecified atom stereocenters. The molecule has 1 aliphatic rings. The number of nitrogens with zero attached hydrogens (tertiary/aromatic N) is 1. The van der Waals surface area contributed by atoms with E-state index in [1.54, 1.807) is 0 Å². The van der Waals surface area contributed by atoms with Crippen LogP contribution in [0.5, 0.6) is 0 Å². The molecule has 2 rings (SSSR count). The van der Waals surface area contributed by atoms with Gasteiger partial charge in [-0.2, -0.15) is 0 Å². The molecule has 1 saturated heterocycles. The van der Waals surface area contributed by atoms with Gasteiger partial charge in [-0.25, -0.2) is 4.79 Å². The zero-order chi connectivity index (χ0) is 21.1. The number of hydrogen-bond donors (Lipinski definition) is 0. The van der Waals surface area contributed by atoms with Crippen molar-refractivity contribution in [2.75, 3.05) is 0 Å². The summed E-state index contributed by atoms with van der Waals surface area (Å²) in [4.78, 5) is 34.2. The maximum absolute atomic E-state index is 12.5. The third kappa shape index (κ3) is 7.83. The zero-order valence-corrected chi connectivity index (χ0v) is 17.1. The van der Waals surface area contributed by atoms with Gasteiger partial charge in [-0.1, -0.05) is 51.9 Å². The molecule has 1 aliphatic heterocycles. The Balaban J connectivity index is 1.84. The average Bonchev–Trinajstić information content (AvgIpc) is 3.15. The van der Waals surface area contributed by atoms with Crippen LogP contribution in [0.2, 0.25) is 0 Å². The number of non-ortho nitro benzene ring substituents is 1. The predicted octanol–water partition coefficient (Wildman–Crippen LogP) is 5.36. The van der Waals surface area contributed by atoms with Crippen LogP contribution < -0.4 is 0 Å². The first-order valence-corrected chi connectivity index (χ1v) is 10.7. The van der Waals surface area contributed by atoms with Gasteiger partial charge in [0.05, 0.1) is 10.5 Å². The molecule has 7 nitrogen and oxygen atoms in total. The van der Waals surface area contributed by atoms with E-state index in [-0.39, 0.29) is 17.2 Å². The molecule has 1 fully saturated rings. The number of nitro benzene ring substituents is 1. The number of carbonyl (C=O) groups is 2. The Kier molecular flexibility index (Phi) is 9.60. The fraction of sp³-hybridized carbons (Fsp3) is 0.636. The van der Waals surface area contributed by atoms with Gasteiger partial charge in [-0.15, -0.1) is 0 Å². The lowest BCUT2D eigenvalue weighted by molar-refractivity contribution is -0.384. The minimum atomic E-state index is -0.549. The Labute approximate surface area is 171 Å². The van der Waals surface area contributed by atoms with E-state index in [4.69, 9.17) is 9.47 Å². The predicted molar refractivity (Wildman–Crippen MR) is 109 cm³/mol. The number of cyclic esters (lactones) is 1. The molecule has 0 aromatic heterocycles. The van der Waals surface area contributed by atoms with Crippen molar-refractivity contribution in [1.29, 1.82) is 0 Å². The molecule has 160 valence electrons. The van der Waals surface area contributed by atoms with Crippen LogP contribution in [0.15, 0.2) is 24.3 Å². The summed E-state index contributed by atoms with van der Waals surface area (Å²) in [7, 11) is 0. The van der Waals surface area contributed by atoms with Gasteiger partial charge in [0, 0.05) is 18.6 Å². The first-order chi connectivity index (χ1) is 14.0. The van der Waals surface area contributed by atoms with Gasteiger partial charge in [-0.3, -0.25) is 14.9 Å². The van der Waals surface area contributed by atoms with E-state index in [1.807, 2.05) is 0 Å². The Morgan fingerprint density at radius 3 is 2.31 bits per heavy atom. The molecule has 0 amide bonds. The summed E-state index contributed by atoms with van der Waals surface area (Å²) in [6, 6.07) is 5.32. The van der Waals surface area contributed by atoms with Crippen molar-refractivity contribution >= 4 is 17.6 Å². The van der Waals surface area contributed by atoms with E-state index in [1.165, 1.54) is 56.4 Å². The first kappa shape index (κ1) is 22.8. The van der Waals surface area contributed by atoms with Crippen molar-refractivity contribution < 1.29 is 24.0 Å². The van der Waals surface area contributed by atoms with Crippen molar-refractivity contribution in [3.05, 3.63) is 39.9 Å². The highest BCUT2D eigenvalue weighted by molar-refractivity contribution is 5.89. The molecule has 0 saturated carbocycles. The van der Waals surface area contributed by atoms with Gasteiger partial charge in [0.2, 0.25) is 0 Å². The monoisotopic (exact) mass is 405 g/mol. The maximum atomic E-state index is 12.5. The Hall–Kier alpha value is -2.44. The van der Waals surface area contributed by atoms with Gasteiger partial charge in [0.15, 0.2) is 0 Å². The van der Waals surface area contributed by atoms with Crippen molar-refractivity contribution in [1.82, 2.24) is 0 Å². The molecule has 0 spiro atoms. The standard InChI is InChI=1S/C22H31NO6/c1-2-3-4-5-6-7-8-9-10-19(20-15-16-21(24)28-20)29-22(25)17-11-13-18(14-12-17)23(26)27/h11-14,19-20H,2-10,15-16H2,1H3/t19-,20+/m0/s1. The average molecular weight is 405 g/mol. The lowest BCUT2D eigenvalue weighted by Crippen LogP contribution is -2.31. The number of hydrogen-bond acceptors (Lipinski definition) is 6. The second-order valence-corrected chi connectivity index (χ2v) is 7.58. The summed E-state index contributed by atoms with van der Waals surface area (Å²) < 4.78 is 11.0. The molecule has 0 aliphatic carbocycles. The van der Waals surface area contributed by atoms with Gasteiger partial charge < -0.3 is 9.47 Å². The van der Waals surface area contributed by atoms with Gasteiger partial charge in [0.1, 0.15) is 12.2 Å². The van der Waals surface area contributed by atoms with Crippen LogP contribution >= 0.6 is 0 Å². The van der Waals surface area contributed by atoms with Crippen LogP contribution in [0, 0.1) is 10.1 Å². The second-order valence-electron chi connectivity index (χ2n) is 7.58. The summed E-state index contributed by atoms with van der Waals surface area (Å²) in [6.45, 7) is 2.20. The second kappa shape index (κ2) is 12.2. The molecular weight excluding hydrogens is 374 g/mol. The smallest absolute Gasteiger partial charge is 0.338 e. The van der Waals surface area contributed by atoms with Gasteiger partial charge in [0.25, 0.3) is 5.69 Å². The number of unbranched alkanes of at least 4 members (excludes halogenated alkanes) is 7. The fourth-order valence-corrected chi connectivity index (χ4v) is 3.53. The number of nitro groups is 1. The number of benzene rings is 1. The highest BCUT2D eigenvalue weighted by atomic mass is 16.6. The van der Waals surface area contributed by atoms with E-state index >= 15 is 0 Å². The highest BCUT2D eigenvalue weighted by Crippen LogP contribution is 2.25. The molecule has 2 atom stereocenters. The van der Waals surface area contributed by atoms with E-state index < -0.39 is 23.1 Å². The summed E-state index contributed by atoms with van der Waals surface area (Å²) in [5.41, 5.74) is 0.169. The highest BCUT2D eigenvalue weighted by Gasteiger charge is 2.33. The van der Waals surface area contributed by atoms with Crippen LogP contribution in [-0.2, 0) is 14.3 Å². The molecule has 0 bridgehead atoms. The van der Waals surface area contributed by atoms with Gasteiger partial charge >= 0.3 is 11.9 Å². The third-order valence-electron chi connectivity index (χ3n) is 5.24. The van der Waals surface area contributed by atoms with Crippen molar-refractivity contribution in [3.63, 3.8) is 0 Å². The van der Waals surface area contributed by atoms with Crippen LogP contribution in [0.1, 0.15) is 87.9 Å². The van der Waals surface area contributed by atoms with Crippen LogP contribution in [0.25, 0.3) is 0 Å². The van der Waals surface area contributed by atoms with Crippen molar-refractivity contribution in [2.24, 2.45) is 0 Å². The zero-order valence-electron chi connectivity index (χ0n) is 17.1. The van der Waals surface area contributed by atoms with Crippen LogP contribution in [-0.4, -0.2) is 29.1 Å². The minimum Gasteiger partial charge on any atom is -0.458 e. The molecule has 0 radical (unpaired) electrons. The van der Waals surface area contributed by atoms with Crippen LogP contribution in [0.4, 0.5) is 5.69 Å². The summed E-state index contributed by atoms with van der Waals surface area (Å²) in [5, 5.41) is 10.8. The molecule has 29 heavy (non-hydrogen) atoms. The molecule has 1 aromatic rings. The normalized spacial score (nSPS) is 17.0. The minimum absolute atomic E-state index is 0.0817. The lowest BCUT2D eigenvalue weighted by Gasteiger charge is -2.23. The SMILES string of the molecule is CCCCCCCCCC[C@H](OC(=O)c1ccc([N+](=O)[O-])cc1)[C@H]1CCC(=O)O1. The largest absolute Gasteiger partial charge is 0.458 e. The number of esters is 2. The Bertz CT molecular complexity index is 672. The summed E-state index contributed by atoms with van der Waals surface area (Å²) in [6.07, 6.45) is 10.0. The van der Waals surface area contributed by atoms with E-state index in [9.17, 15) is 19.7 Å². The molecule has 1 aromatic carbocycles. The van der Waals surface area contributed by atoms with Crippen molar-refractivity contribution in [3.8, 4) is 0 Å². The molecule has 0 N–H and O–H groups in total. The summed E-state index contributed by atoms with van der Waals surface area (Å²) in [5.74, 6) is -0.810. The van der Waals surface area contributed by atoms with E-state index in [0.717, 1.165) is 19.3 Å². The number of rotatable bonds is 13. The quantitative estimate of drug-likeness (QED) is 0.190. The summed E-state index contributed by atoms with van der Waals surface area (Å²) >= 11 is 0. The van der Waals surface area contributed by atoms with E-state index in [2.05, 4.69) is 6.92 Å².